The normalized spacial score (nSPS) is 10.4. The quantitative estimate of drug-likeness (QED) is 0.763. The van der Waals surface area contributed by atoms with Gasteiger partial charge in [0, 0.05) is 24.1 Å². The van der Waals surface area contributed by atoms with Crippen LogP contribution in [0.15, 0.2) is 36.7 Å². The minimum atomic E-state index is 0.622. The molecule has 0 aliphatic heterocycles. The maximum absolute atomic E-state index is 8.83. The first-order valence-corrected chi connectivity index (χ1v) is 6.27. The molecule has 0 radical (unpaired) electrons. The van der Waals surface area contributed by atoms with Crippen LogP contribution in [0.4, 0.5) is 10.8 Å². The SMILES string of the molecule is CN(c1ncc(C#N)s1)c1c[nH]c2ccccc12. The van der Waals surface area contributed by atoms with E-state index in [4.69, 9.17) is 5.26 Å². The summed E-state index contributed by atoms with van der Waals surface area (Å²) in [5, 5.41) is 10.8. The molecule has 0 aliphatic rings. The standard InChI is InChI=1S/C13H10N4S/c1-17(13-16-7-9(6-14)18-13)12-8-15-11-5-3-2-4-10(11)12/h2-5,7-8,15H,1H3. The number of hydrogen-bond acceptors (Lipinski definition) is 4. The predicted molar refractivity (Wildman–Crippen MR) is 73.2 cm³/mol. The van der Waals surface area contributed by atoms with Gasteiger partial charge in [-0.25, -0.2) is 4.98 Å². The van der Waals surface area contributed by atoms with E-state index >= 15 is 0 Å². The lowest BCUT2D eigenvalue weighted by Crippen LogP contribution is -2.07. The van der Waals surface area contributed by atoms with Crippen LogP contribution in [0, 0.1) is 11.3 Å². The van der Waals surface area contributed by atoms with Crippen molar-refractivity contribution in [3.8, 4) is 6.07 Å². The summed E-state index contributed by atoms with van der Waals surface area (Å²) < 4.78 is 0. The fourth-order valence-corrected chi connectivity index (χ4v) is 2.60. The fourth-order valence-electron chi connectivity index (χ4n) is 1.91. The number of aromatic nitrogens is 2. The van der Waals surface area contributed by atoms with Gasteiger partial charge in [-0.15, -0.1) is 0 Å². The Morgan fingerprint density at radius 1 is 1.39 bits per heavy atom. The van der Waals surface area contributed by atoms with Crippen LogP contribution >= 0.6 is 11.3 Å². The Balaban J connectivity index is 2.06. The molecule has 3 aromatic rings. The summed E-state index contributed by atoms with van der Waals surface area (Å²) in [7, 11) is 1.95. The molecule has 0 amide bonds. The second-order valence-electron chi connectivity index (χ2n) is 3.90. The van der Waals surface area contributed by atoms with Crippen LogP contribution in [0.5, 0.6) is 0 Å². The number of nitriles is 1. The Morgan fingerprint density at radius 3 is 3.00 bits per heavy atom. The van der Waals surface area contributed by atoms with Gasteiger partial charge in [-0.2, -0.15) is 5.26 Å². The number of H-pyrrole nitrogens is 1. The zero-order valence-electron chi connectivity index (χ0n) is 9.71. The highest BCUT2D eigenvalue weighted by atomic mass is 32.1. The summed E-state index contributed by atoms with van der Waals surface area (Å²) in [5.74, 6) is 0. The van der Waals surface area contributed by atoms with E-state index in [0.717, 1.165) is 21.7 Å². The number of benzene rings is 1. The number of anilines is 2. The summed E-state index contributed by atoms with van der Waals surface area (Å²) in [6.07, 6.45) is 3.56. The summed E-state index contributed by atoms with van der Waals surface area (Å²) in [5.41, 5.74) is 2.15. The first kappa shape index (κ1) is 10.8. The Kier molecular flexibility index (Phi) is 2.50. The molecule has 18 heavy (non-hydrogen) atoms. The molecule has 2 heterocycles. The fraction of sp³-hybridized carbons (Fsp3) is 0.0769. The summed E-state index contributed by atoms with van der Waals surface area (Å²) in [6.45, 7) is 0. The van der Waals surface area contributed by atoms with Crippen LogP contribution in [0.2, 0.25) is 0 Å². The molecule has 2 aromatic heterocycles. The van der Waals surface area contributed by atoms with Crippen LogP contribution < -0.4 is 4.90 Å². The average molecular weight is 254 g/mol. The lowest BCUT2D eigenvalue weighted by molar-refractivity contribution is 1.18. The molecule has 0 spiro atoms. The highest BCUT2D eigenvalue weighted by Crippen LogP contribution is 2.32. The topological polar surface area (TPSA) is 55.7 Å². The van der Waals surface area contributed by atoms with Crippen LogP contribution in [-0.4, -0.2) is 17.0 Å². The van der Waals surface area contributed by atoms with Gasteiger partial charge in [-0.1, -0.05) is 29.5 Å². The van der Waals surface area contributed by atoms with Crippen LogP contribution in [-0.2, 0) is 0 Å². The van der Waals surface area contributed by atoms with Crippen molar-refractivity contribution in [3.63, 3.8) is 0 Å². The highest BCUT2D eigenvalue weighted by molar-refractivity contribution is 7.16. The van der Waals surface area contributed by atoms with Gasteiger partial charge in [0.25, 0.3) is 0 Å². The Morgan fingerprint density at radius 2 is 2.22 bits per heavy atom. The largest absolute Gasteiger partial charge is 0.359 e. The minimum Gasteiger partial charge on any atom is -0.359 e. The van der Waals surface area contributed by atoms with Gasteiger partial charge in [-0.3, -0.25) is 0 Å². The third kappa shape index (κ3) is 1.63. The molecule has 3 rings (SSSR count). The Bertz CT molecular complexity index is 735. The van der Waals surface area contributed by atoms with E-state index in [1.165, 1.54) is 11.3 Å². The Labute approximate surface area is 108 Å². The zero-order chi connectivity index (χ0) is 12.5. The van der Waals surface area contributed by atoms with Gasteiger partial charge >= 0.3 is 0 Å². The zero-order valence-corrected chi connectivity index (χ0v) is 10.5. The van der Waals surface area contributed by atoms with Crippen LogP contribution in [0.25, 0.3) is 10.9 Å². The molecular weight excluding hydrogens is 244 g/mol. The number of fused-ring (bicyclic) bond motifs is 1. The Hall–Kier alpha value is -2.32. The molecule has 88 valence electrons. The van der Waals surface area contributed by atoms with Crippen molar-refractivity contribution in [3.05, 3.63) is 41.5 Å². The van der Waals surface area contributed by atoms with Gasteiger partial charge in [-0.05, 0) is 6.07 Å². The molecule has 0 saturated carbocycles. The van der Waals surface area contributed by atoms with Gasteiger partial charge in [0.1, 0.15) is 10.9 Å². The van der Waals surface area contributed by atoms with Crippen molar-refractivity contribution in [2.24, 2.45) is 0 Å². The molecule has 1 aromatic carbocycles. The minimum absolute atomic E-state index is 0.622. The van der Waals surface area contributed by atoms with Crippen molar-refractivity contribution in [2.45, 2.75) is 0 Å². The van der Waals surface area contributed by atoms with Gasteiger partial charge < -0.3 is 9.88 Å². The van der Waals surface area contributed by atoms with E-state index in [9.17, 15) is 0 Å². The molecular formula is C13H10N4S. The first-order chi connectivity index (χ1) is 8.79. The lowest BCUT2D eigenvalue weighted by Gasteiger charge is -2.14. The highest BCUT2D eigenvalue weighted by Gasteiger charge is 2.12. The molecule has 0 aliphatic carbocycles. The van der Waals surface area contributed by atoms with Crippen molar-refractivity contribution in [1.82, 2.24) is 9.97 Å². The van der Waals surface area contributed by atoms with Crippen LogP contribution in [0.3, 0.4) is 0 Å². The van der Waals surface area contributed by atoms with Gasteiger partial charge in [0.15, 0.2) is 5.13 Å². The lowest BCUT2D eigenvalue weighted by atomic mass is 10.2. The van der Waals surface area contributed by atoms with Crippen LogP contribution in [0.1, 0.15) is 4.88 Å². The summed E-state index contributed by atoms with van der Waals surface area (Å²) in [4.78, 5) is 10.1. The molecule has 5 heteroatoms. The first-order valence-electron chi connectivity index (χ1n) is 5.45. The maximum atomic E-state index is 8.83. The van der Waals surface area contributed by atoms with E-state index < -0.39 is 0 Å². The smallest absolute Gasteiger partial charge is 0.190 e. The number of hydrogen-bond donors (Lipinski definition) is 1. The molecule has 0 saturated heterocycles. The van der Waals surface area contributed by atoms with E-state index in [1.807, 2.05) is 36.3 Å². The van der Waals surface area contributed by atoms with Crippen molar-refractivity contribution >= 4 is 33.1 Å². The van der Waals surface area contributed by atoms with E-state index in [2.05, 4.69) is 22.1 Å². The number of rotatable bonds is 2. The van der Waals surface area contributed by atoms with Crippen molar-refractivity contribution in [2.75, 3.05) is 11.9 Å². The van der Waals surface area contributed by atoms with E-state index in [-0.39, 0.29) is 0 Å². The second kappa shape index (κ2) is 4.17. The van der Waals surface area contributed by atoms with E-state index in [0.29, 0.717) is 4.88 Å². The van der Waals surface area contributed by atoms with Crippen molar-refractivity contribution < 1.29 is 0 Å². The number of aromatic amines is 1. The molecule has 1 N–H and O–H groups in total. The number of nitrogens with one attached hydrogen (secondary N) is 1. The maximum Gasteiger partial charge on any atom is 0.190 e. The summed E-state index contributed by atoms with van der Waals surface area (Å²) >= 11 is 1.39. The molecule has 0 bridgehead atoms. The number of nitrogens with zero attached hydrogens (tertiary/aromatic N) is 3. The summed E-state index contributed by atoms with van der Waals surface area (Å²) in [6, 6.07) is 10.2. The molecule has 0 unspecified atom stereocenters. The second-order valence-corrected chi connectivity index (χ2v) is 4.91. The average Bonchev–Trinajstić information content (AvgIpc) is 3.04. The molecule has 0 atom stereocenters. The molecule has 4 nitrogen and oxygen atoms in total. The van der Waals surface area contributed by atoms with Gasteiger partial charge in [0.05, 0.1) is 11.9 Å². The van der Waals surface area contributed by atoms with Gasteiger partial charge in [0.2, 0.25) is 0 Å². The predicted octanol–water partition coefficient (Wildman–Crippen LogP) is 3.26. The number of para-hydroxylation sites is 1. The monoisotopic (exact) mass is 254 g/mol. The third-order valence-electron chi connectivity index (χ3n) is 2.82. The molecule has 0 fully saturated rings. The van der Waals surface area contributed by atoms with Crippen molar-refractivity contribution in [1.29, 1.82) is 5.26 Å². The van der Waals surface area contributed by atoms with E-state index in [1.54, 1.807) is 6.20 Å². The third-order valence-corrected chi connectivity index (χ3v) is 3.80. The number of thiazole rings is 1.